The van der Waals surface area contributed by atoms with E-state index in [1.54, 1.807) is 0 Å². The molecule has 0 amide bonds. The van der Waals surface area contributed by atoms with Gasteiger partial charge >= 0.3 is 88.9 Å². The lowest BCUT2D eigenvalue weighted by atomic mass is 10.2. The number of unbranched alkanes of at least 4 members (excludes halogenated alkanes) is 2. The minimum Gasteiger partial charge on any atom is -0.394 e. The first-order valence-corrected chi connectivity index (χ1v) is 51.3. The number of terminal acetylenes is 1. The van der Waals surface area contributed by atoms with E-state index in [4.69, 9.17) is 98.2 Å². The number of ether oxygens (including phenoxy) is 6. The standard InChI is InChI=1S/C69H95N12O48P7/c1-8-9-10-11-12-110-130(96,97)112-27-46-40(13-52(118-46)76-19-33(2)58(84)70-64(76)90)125-132(100,101)114-29-48-42(15-54(120-48)78-21-35(4)60(86)72-66(78)92)127-134(104,105)116-31-50-44(17-56(122-50)80-23-37(6)62(88)74-68(80)94)129-136(108,109)117-32-51-45(18-57(123-51)81-24-38(7)63(89)75-69(81)95)128-135(106,107)115-30-49-43(16-55(121-49)79-22-36(5)61(87)73-67(79)93)126-133(102,103)113-28-47-41(124-131(98,99)111-26-39(83)25-82)14-53(119-47)77-20-34(3)59(85)71-65(77)91/h1,19-24,39-57,82-83H,9-18,25-32H2,2-7H3,(H,96,97)(H,98,99)(H,100,101)(H,102,103)(H,104,105)(H,106,107)(H,108,109)(H,70,84,90)(H,71,85,91)(H,72,86,92)(H,73,87,93)(H,74,88,94)(H,75,89,95)/t39?,40-,41-,42-,43-,44-,45-,46+,47+,48+,49+,50+,51+,52+,53+,54+,55+,56+,57+/m0/s1. The summed E-state index contributed by atoms with van der Waals surface area (Å²) in [4.78, 5) is 245. The molecule has 0 aromatic carbocycles. The zero-order valence-electron chi connectivity index (χ0n) is 72.0. The molecule has 754 valence electrons. The maximum Gasteiger partial charge on any atom is 0.472 e. The Morgan fingerprint density at radius 2 is 0.522 bits per heavy atom. The highest BCUT2D eigenvalue weighted by Gasteiger charge is 2.53. The van der Waals surface area contributed by atoms with Crippen LogP contribution in [0.3, 0.4) is 0 Å². The first-order chi connectivity index (χ1) is 63.6. The fourth-order valence-corrected chi connectivity index (χ4v) is 21.1. The number of aliphatic hydroxyl groups excluding tert-OH is 2. The van der Waals surface area contributed by atoms with Gasteiger partial charge in [0.15, 0.2) is 0 Å². The molecule has 6 aliphatic rings. The number of aryl methyl sites for hydroxylation is 6. The lowest BCUT2D eigenvalue weighted by molar-refractivity contribution is -0.0657. The minimum absolute atomic E-state index is 0.00355. The maximum atomic E-state index is 14.5. The van der Waals surface area contributed by atoms with Crippen LogP contribution in [0.2, 0.25) is 0 Å². The van der Waals surface area contributed by atoms with Gasteiger partial charge in [0.05, 0.1) is 59.5 Å². The molecule has 6 aliphatic heterocycles. The van der Waals surface area contributed by atoms with Crippen LogP contribution in [-0.2, 0) is 124 Å². The molecule has 26 atom stereocenters. The van der Waals surface area contributed by atoms with Crippen molar-refractivity contribution >= 4 is 54.8 Å². The van der Waals surface area contributed by atoms with Crippen LogP contribution in [0, 0.1) is 53.9 Å². The highest BCUT2D eigenvalue weighted by atomic mass is 31.2. The van der Waals surface area contributed by atoms with E-state index < -0.39 is 330 Å². The largest absolute Gasteiger partial charge is 0.472 e. The Kier molecular flexibility index (Phi) is 34.7. The van der Waals surface area contributed by atoms with Crippen LogP contribution in [-0.4, -0.2) is 241 Å². The number of phosphoric ester groups is 7. The molecule has 0 bridgehead atoms. The number of H-pyrrole nitrogens is 6. The summed E-state index contributed by atoms with van der Waals surface area (Å²) in [6, 6.07) is 0. The molecule has 136 heavy (non-hydrogen) atoms. The fraction of sp³-hybridized carbons (Fsp3) is 0.623. The van der Waals surface area contributed by atoms with Crippen LogP contribution in [0.4, 0.5) is 0 Å². The van der Waals surface area contributed by atoms with Gasteiger partial charge in [-0.05, 0) is 54.4 Å². The van der Waals surface area contributed by atoms with Crippen LogP contribution in [0.25, 0.3) is 0 Å². The third-order valence-corrected chi connectivity index (χ3v) is 28.5. The quantitative estimate of drug-likeness (QED) is 0.0114. The third kappa shape index (κ3) is 27.9. The molecule has 6 aromatic heterocycles. The Labute approximate surface area is 760 Å². The summed E-state index contributed by atoms with van der Waals surface area (Å²) in [5.74, 6) is 2.39. The van der Waals surface area contributed by atoms with Gasteiger partial charge in [0, 0.05) is 116 Å². The fourth-order valence-electron chi connectivity index (χ4n) is 14.6. The number of nitrogens with one attached hydrogen (secondary N) is 6. The van der Waals surface area contributed by atoms with Crippen molar-refractivity contribution in [3.05, 3.63) is 196 Å². The summed E-state index contributed by atoms with van der Waals surface area (Å²) in [6.07, 6.45) is -24.8. The van der Waals surface area contributed by atoms with Crippen LogP contribution >= 0.6 is 54.8 Å². The number of aromatic nitrogens is 12. The molecule has 60 nitrogen and oxygen atoms in total. The van der Waals surface area contributed by atoms with Crippen LogP contribution in [0.1, 0.15) is 129 Å². The van der Waals surface area contributed by atoms with Gasteiger partial charge in [-0.15, -0.1) is 12.3 Å². The molecule has 67 heteroatoms. The molecular formula is C69H95N12O48P7. The van der Waals surface area contributed by atoms with Gasteiger partial charge in [0.2, 0.25) is 0 Å². The Morgan fingerprint density at radius 3 is 0.713 bits per heavy atom. The average Bonchev–Trinajstić information content (AvgIpc) is 1.65. The smallest absolute Gasteiger partial charge is 0.394 e. The first-order valence-electron chi connectivity index (χ1n) is 40.8. The first kappa shape index (κ1) is 107. The van der Waals surface area contributed by atoms with Crippen molar-refractivity contribution in [1.29, 1.82) is 0 Å². The molecule has 15 N–H and O–H groups in total. The molecule has 6 fully saturated rings. The molecule has 0 aliphatic carbocycles. The average molecular weight is 2080 g/mol. The minimum atomic E-state index is -5.80. The second kappa shape index (κ2) is 44.1. The Bertz CT molecular complexity index is 6480. The Balaban J connectivity index is 0.748. The molecule has 0 saturated carbocycles. The van der Waals surface area contributed by atoms with E-state index in [2.05, 4.69) is 10.9 Å². The third-order valence-electron chi connectivity index (χ3n) is 21.5. The number of rotatable bonds is 45. The number of aromatic amines is 6. The van der Waals surface area contributed by atoms with E-state index in [9.17, 15) is 134 Å². The van der Waals surface area contributed by atoms with Gasteiger partial charge in [0.1, 0.15) is 117 Å². The van der Waals surface area contributed by atoms with Crippen molar-refractivity contribution in [2.75, 3.05) is 59.5 Å². The number of aliphatic hydroxyl groups is 2. The molecule has 6 saturated heterocycles. The van der Waals surface area contributed by atoms with E-state index in [1.807, 2.05) is 24.9 Å². The van der Waals surface area contributed by atoms with Crippen LogP contribution in [0.5, 0.6) is 0 Å². The van der Waals surface area contributed by atoms with Crippen molar-refractivity contribution in [1.82, 2.24) is 57.3 Å². The van der Waals surface area contributed by atoms with E-state index in [-0.39, 0.29) is 46.4 Å². The Morgan fingerprint density at radius 1 is 0.331 bits per heavy atom. The Hall–Kier alpha value is -7.91. The molecule has 8 unspecified atom stereocenters. The normalized spacial score (nSPS) is 28.6. The predicted molar refractivity (Wildman–Crippen MR) is 449 cm³/mol. The second-order valence-corrected chi connectivity index (χ2v) is 41.5. The summed E-state index contributed by atoms with van der Waals surface area (Å²) in [5, 5.41) is 19.0. The van der Waals surface area contributed by atoms with Gasteiger partial charge in [-0.3, -0.25) is 149 Å². The highest BCUT2D eigenvalue weighted by molar-refractivity contribution is 7.49. The number of phosphoric acid groups is 7. The molecule has 6 aromatic rings. The van der Waals surface area contributed by atoms with E-state index in [1.165, 1.54) is 41.5 Å². The van der Waals surface area contributed by atoms with E-state index >= 15 is 0 Å². The summed E-state index contributed by atoms with van der Waals surface area (Å²) in [6.45, 7) is -1.52. The lowest BCUT2D eigenvalue weighted by Gasteiger charge is -2.26. The molecule has 12 rings (SSSR count). The van der Waals surface area contributed by atoms with E-state index in [0.29, 0.717) is 12.8 Å². The van der Waals surface area contributed by atoms with Crippen LogP contribution in [0.15, 0.2) is 94.7 Å². The molecule has 0 spiro atoms. The lowest BCUT2D eigenvalue weighted by Crippen LogP contribution is -2.33. The monoisotopic (exact) mass is 2080 g/mol. The van der Waals surface area contributed by atoms with Gasteiger partial charge < -0.3 is 72.9 Å². The summed E-state index contributed by atoms with van der Waals surface area (Å²) in [5.41, 5.74) is -12.1. The van der Waals surface area contributed by atoms with Crippen molar-refractivity contribution in [2.45, 2.75) is 216 Å². The molecular weight excluding hydrogens is 1980 g/mol. The highest BCUT2D eigenvalue weighted by Crippen LogP contribution is 2.58. The van der Waals surface area contributed by atoms with Crippen molar-refractivity contribution < 1.29 is 168 Å². The topological polar surface area (TPSA) is 815 Å². The van der Waals surface area contributed by atoms with Crippen molar-refractivity contribution in [3.63, 3.8) is 0 Å². The number of hydrogen-bond donors (Lipinski definition) is 15. The summed E-state index contributed by atoms with van der Waals surface area (Å²) < 4.78 is 213. The van der Waals surface area contributed by atoms with Gasteiger partial charge in [0.25, 0.3) is 33.4 Å². The summed E-state index contributed by atoms with van der Waals surface area (Å²) >= 11 is 0. The number of nitrogens with zero attached hydrogens (tertiary/aromatic N) is 6. The molecule has 0 radical (unpaired) electrons. The van der Waals surface area contributed by atoms with E-state index in [0.717, 1.165) is 64.6 Å². The van der Waals surface area contributed by atoms with Crippen LogP contribution < -0.4 is 67.5 Å². The second-order valence-electron chi connectivity index (χ2n) is 31.6. The summed E-state index contributed by atoms with van der Waals surface area (Å²) in [7, 11) is -38.7. The SMILES string of the molecule is C#CCCCCOP(=O)(O)OC[C@H]1O[C@@H](n2cc(C)c(=O)[nH]c2=O)C[C@@H]1OP(=O)(O)OC[C@H]1O[C@@H](n2cc(C)c(=O)[nH]c2=O)C[C@@H]1OP(=O)(O)OC[C@H]1O[C@@H](n2cc(C)c(=O)[nH]c2=O)C[C@@H]1OP(=O)(O)OC[C@H]1O[C@@H](n2cc(C)c(=O)[nH]c2=O)C[C@@H]1OP(=O)(O)OC[C@H]1O[C@@H](n2cc(C)c(=O)[nH]c2=O)C[C@@H]1OP(=O)(O)OC[C@H]1O[C@@H](n2cc(C)c(=O)[nH]c2=O)C[C@@H]1OP(=O)(O)OCC(O)CO. The van der Waals surface area contributed by atoms with Crippen molar-refractivity contribution in [3.8, 4) is 12.3 Å². The van der Waals surface area contributed by atoms with Crippen molar-refractivity contribution in [2.24, 2.45) is 0 Å². The molecule has 12 heterocycles. The number of hydrogen-bond acceptors (Lipinski definition) is 41. The zero-order chi connectivity index (χ0) is 99.4. The van der Waals surface area contributed by atoms with Gasteiger partial charge in [-0.1, -0.05) is 0 Å². The van der Waals surface area contributed by atoms with Gasteiger partial charge in [-0.2, -0.15) is 0 Å². The zero-order valence-corrected chi connectivity index (χ0v) is 78.3. The van der Waals surface area contributed by atoms with Gasteiger partial charge in [-0.25, -0.2) is 60.7 Å². The maximum absolute atomic E-state index is 14.5. The predicted octanol–water partition coefficient (Wildman–Crippen LogP) is -1.83.